The van der Waals surface area contributed by atoms with E-state index in [1.165, 1.54) is 17.7 Å². The number of aromatic hydroxyl groups is 1. The molecule has 3 heterocycles. The molecule has 8 nitrogen and oxygen atoms in total. The average molecular weight is 495 g/mol. The molecular weight excluding hydrogens is 460 g/mol. The van der Waals surface area contributed by atoms with Crippen molar-refractivity contribution in [2.45, 2.75) is 87.0 Å². The Morgan fingerprint density at radius 3 is 2.75 bits per heavy atom. The molecule has 1 aromatic carbocycles. The number of piperidine rings is 2. The van der Waals surface area contributed by atoms with Crippen molar-refractivity contribution >= 4 is 11.9 Å². The van der Waals surface area contributed by atoms with E-state index in [1.54, 1.807) is 12.1 Å². The number of amides is 1. The minimum atomic E-state index is -1.01. The number of aliphatic carboxylic acids is 1. The molecule has 8 heteroatoms. The number of aliphatic hydroxyl groups is 1. The summed E-state index contributed by atoms with van der Waals surface area (Å²) in [5.74, 6) is -0.00625. The fourth-order valence-electron chi connectivity index (χ4n) is 8.18. The predicted molar refractivity (Wildman–Crippen MR) is 130 cm³/mol. The fourth-order valence-corrected chi connectivity index (χ4v) is 8.18. The molecule has 192 valence electrons. The molecule has 1 aromatic rings. The summed E-state index contributed by atoms with van der Waals surface area (Å²) < 4.78 is 6.49. The fraction of sp³-hybridized carbons (Fsp3) is 0.643. The number of carbonyl (C=O) groups excluding carboxylic acids is 1. The van der Waals surface area contributed by atoms with Gasteiger partial charge in [-0.05, 0) is 87.5 Å². The lowest BCUT2D eigenvalue weighted by atomic mass is 9.48. The Kier molecular flexibility index (Phi) is 4.84. The lowest BCUT2D eigenvalue weighted by molar-refractivity contribution is -0.174. The Labute approximate surface area is 210 Å². The molecule has 1 amide bonds. The molecular formula is C28H34N2O6. The van der Waals surface area contributed by atoms with E-state index in [9.17, 15) is 24.9 Å². The van der Waals surface area contributed by atoms with Crippen LogP contribution in [0.3, 0.4) is 0 Å². The van der Waals surface area contributed by atoms with Crippen molar-refractivity contribution < 1.29 is 29.6 Å². The lowest BCUT2D eigenvalue weighted by Crippen LogP contribution is -2.75. The highest BCUT2D eigenvalue weighted by atomic mass is 16.5. The minimum absolute atomic E-state index is 0.0170. The standard InChI is InChI=1S/C28H34N2O6/c31-20-7-6-17-13-21-28(35)9-8-18(14-22(32)30-11-2-1-3-19(30)26(33)34)25-27(28,23(17)24(20)36-25)10-12-29(21)15-16-4-5-16/h6-7,14,16,19,21,25,31,35H,1-5,8-13,15H2,(H,33,34)/b18-14+/t19?,21-,25+,27+,28-/m1/s1. The molecule has 7 rings (SSSR count). The number of carboxylic acids is 1. The molecule has 0 aromatic heterocycles. The van der Waals surface area contributed by atoms with E-state index >= 15 is 0 Å². The maximum atomic E-state index is 13.4. The van der Waals surface area contributed by atoms with Crippen molar-refractivity contribution in [2.24, 2.45) is 5.92 Å². The van der Waals surface area contributed by atoms with Gasteiger partial charge < -0.3 is 25.0 Å². The third-order valence-corrected chi connectivity index (χ3v) is 10.0. The van der Waals surface area contributed by atoms with E-state index in [2.05, 4.69) is 4.90 Å². The van der Waals surface area contributed by atoms with Gasteiger partial charge in [-0.1, -0.05) is 6.07 Å². The highest BCUT2D eigenvalue weighted by molar-refractivity contribution is 5.92. The SMILES string of the molecule is O=C(O)C1CCCCN1C(=O)/C=C1\CC[C@@]2(O)[C@H]3Cc4ccc(O)c5c4[C@@]2(CCN3CC2CC2)[C@H]1O5. The molecule has 3 aliphatic carbocycles. The van der Waals surface area contributed by atoms with E-state index in [0.29, 0.717) is 38.0 Å². The number of phenolic OH excluding ortho intramolecular Hbond substituents is 1. The van der Waals surface area contributed by atoms with Gasteiger partial charge in [-0.15, -0.1) is 0 Å². The number of hydrogen-bond acceptors (Lipinski definition) is 6. The van der Waals surface area contributed by atoms with Crippen LogP contribution in [0.4, 0.5) is 0 Å². The van der Waals surface area contributed by atoms with Gasteiger partial charge in [-0.3, -0.25) is 9.69 Å². The van der Waals surface area contributed by atoms with E-state index in [-0.39, 0.29) is 17.7 Å². The van der Waals surface area contributed by atoms with Crippen LogP contribution in [-0.2, 0) is 21.4 Å². The first-order valence-corrected chi connectivity index (χ1v) is 13.6. The summed E-state index contributed by atoms with van der Waals surface area (Å²) in [6.45, 7) is 2.30. The third kappa shape index (κ3) is 2.94. The van der Waals surface area contributed by atoms with Gasteiger partial charge in [0.15, 0.2) is 11.5 Å². The summed E-state index contributed by atoms with van der Waals surface area (Å²) in [7, 11) is 0. The van der Waals surface area contributed by atoms with Crippen LogP contribution >= 0.6 is 0 Å². The molecule has 3 N–H and O–H groups in total. The van der Waals surface area contributed by atoms with E-state index in [0.717, 1.165) is 55.0 Å². The number of nitrogens with zero attached hydrogens (tertiary/aromatic N) is 2. The van der Waals surface area contributed by atoms with Gasteiger partial charge in [0.2, 0.25) is 5.91 Å². The normalized spacial score (nSPS) is 38.0. The van der Waals surface area contributed by atoms with Crippen molar-refractivity contribution in [3.8, 4) is 11.5 Å². The van der Waals surface area contributed by atoms with Gasteiger partial charge in [-0.2, -0.15) is 0 Å². The number of benzene rings is 1. The number of likely N-dealkylation sites (tertiary alicyclic amines) is 2. The van der Waals surface area contributed by atoms with Crippen LogP contribution in [0.2, 0.25) is 0 Å². The molecule has 2 bridgehead atoms. The minimum Gasteiger partial charge on any atom is -0.504 e. The number of phenols is 1. The van der Waals surface area contributed by atoms with Gasteiger partial charge in [0.05, 0.1) is 11.0 Å². The summed E-state index contributed by atoms with van der Waals surface area (Å²) in [6, 6.07) is 2.84. The van der Waals surface area contributed by atoms with Crippen molar-refractivity contribution in [2.75, 3.05) is 19.6 Å². The zero-order chi connectivity index (χ0) is 24.8. The number of rotatable bonds is 4. The van der Waals surface area contributed by atoms with E-state index in [4.69, 9.17) is 4.74 Å². The van der Waals surface area contributed by atoms with Crippen LogP contribution < -0.4 is 4.74 Å². The second kappa shape index (κ2) is 7.71. The number of hydrogen-bond donors (Lipinski definition) is 3. The van der Waals surface area contributed by atoms with Gasteiger partial charge >= 0.3 is 5.97 Å². The van der Waals surface area contributed by atoms with Crippen LogP contribution in [0.5, 0.6) is 11.5 Å². The Balaban J connectivity index is 1.30. The molecule has 1 unspecified atom stereocenters. The maximum Gasteiger partial charge on any atom is 0.326 e. The molecule has 0 radical (unpaired) electrons. The molecule has 36 heavy (non-hydrogen) atoms. The molecule has 4 fully saturated rings. The van der Waals surface area contributed by atoms with E-state index < -0.39 is 29.1 Å². The smallest absolute Gasteiger partial charge is 0.326 e. The molecule has 3 aliphatic heterocycles. The first kappa shape index (κ1) is 22.6. The number of ether oxygens (including phenoxy) is 1. The largest absolute Gasteiger partial charge is 0.504 e. The van der Waals surface area contributed by atoms with Crippen molar-refractivity contribution in [1.82, 2.24) is 9.80 Å². The number of carbonyl (C=O) groups is 2. The first-order valence-electron chi connectivity index (χ1n) is 13.6. The third-order valence-electron chi connectivity index (χ3n) is 10.0. The van der Waals surface area contributed by atoms with Crippen molar-refractivity contribution in [1.29, 1.82) is 0 Å². The molecule has 6 aliphatic rings. The Morgan fingerprint density at radius 2 is 1.97 bits per heavy atom. The quantitative estimate of drug-likeness (QED) is 0.551. The summed E-state index contributed by atoms with van der Waals surface area (Å²) in [4.78, 5) is 29.2. The van der Waals surface area contributed by atoms with Crippen LogP contribution in [-0.4, -0.2) is 80.4 Å². The van der Waals surface area contributed by atoms with Gasteiger partial charge in [-0.25, -0.2) is 4.79 Å². The second-order valence-electron chi connectivity index (χ2n) is 11.9. The Morgan fingerprint density at radius 1 is 1.14 bits per heavy atom. The average Bonchev–Trinajstić information content (AvgIpc) is 3.60. The van der Waals surface area contributed by atoms with Crippen LogP contribution in [0.1, 0.15) is 62.5 Å². The van der Waals surface area contributed by atoms with Crippen LogP contribution in [0, 0.1) is 5.92 Å². The van der Waals surface area contributed by atoms with Gasteiger partial charge in [0.25, 0.3) is 0 Å². The van der Waals surface area contributed by atoms with Crippen molar-refractivity contribution in [3.05, 3.63) is 34.9 Å². The Bertz CT molecular complexity index is 1180. The predicted octanol–water partition coefficient (Wildman–Crippen LogP) is 2.35. The van der Waals surface area contributed by atoms with Gasteiger partial charge in [0, 0.05) is 30.8 Å². The van der Waals surface area contributed by atoms with Crippen molar-refractivity contribution in [3.63, 3.8) is 0 Å². The first-order chi connectivity index (χ1) is 17.3. The molecule has 2 saturated heterocycles. The second-order valence-corrected chi connectivity index (χ2v) is 11.9. The molecule has 5 atom stereocenters. The summed E-state index contributed by atoms with van der Waals surface area (Å²) in [5.41, 5.74) is 1.13. The zero-order valence-electron chi connectivity index (χ0n) is 20.5. The summed E-state index contributed by atoms with van der Waals surface area (Å²) in [6.07, 6.45) is 8.10. The van der Waals surface area contributed by atoms with Gasteiger partial charge in [0.1, 0.15) is 12.1 Å². The monoisotopic (exact) mass is 494 g/mol. The van der Waals surface area contributed by atoms with Crippen LogP contribution in [0.25, 0.3) is 0 Å². The summed E-state index contributed by atoms with van der Waals surface area (Å²) >= 11 is 0. The summed E-state index contributed by atoms with van der Waals surface area (Å²) in [5, 5.41) is 33.0. The lowest BCUT2D eigenvalue weighted by Gasteiger charge is -2.63. The maximum absolute atomic E-state index is 13.4. The molecule has 2 saturated carbocycles. The zero-order valence-corrected chi connectivity index (χ0v) is 20.5. The number of carboxylic acid groups (broad SMARTS) is 1. The highest BCUT2D eigenvalue weighted by Crippen LogP contribution is 2.66. The molecule has 1 spiro atoms. The topological polar surface area (TPSA) is 111 Å². The highest BCUT2D eigenvalue weighted by Gasteiger charge is 2.72. The van der Waals surface area contributed by atoms with Crippen LogP contribution in [0.15, 0.2) is 23.8 Å². The van der Waals surface area contributed by atoms with E-state index in [1.807, 2.05) is 6.07 Å². The Hall–Kier alpha value is -2.58.